The van der Waals surface area contributed by atoms with Crippen molar-refractivity contribution in [1.82, 2.24) is 9.97 Å². The van der Waals surface area contributed by atoms with E-state index in [9.17, 15) is 0 Å². The second-order valence-electron chi connectivity index (χ2n) is 3.80. The molecule has 1 aliphatic rings. The molecule has 2 aromatic heterocycles. The molecule has 0 spiro atoms. The summed E-state index contributed by atoms with van der Waals surface area (Å²) in [5, 5.41) is 8.02. The van der Waals surface area contributed by atoms with E-state index in [0.29, 0.717) is 5.25 Å². The van der Waals surface area contributed by atoms with E-state index in [1.807, 2.05) is 0 Å². The van der Waals surface area contributed by atoms with Crippen LogP contribution in [0.25, 0.3) is 10.2 Å². The van der Waals surface area contributed by atoms with E-state index in [0.717, 1.165) is 40.9 Å². The third-order valence-corrected chi connectivity index (χ3v) is 4.46. The summed E-state index contributed by atoms with van der Waals surface area (Å²) >= 11 is 3.45. The maximum atomic E-state index is 5.20. The van der Waals surface area contributed by atoms with Gasteiger partial charge in [-0.1, -0.05) is 11.8 Å². The van der Waals surface area contributed by atoms with Crippen molar-refractivity contribution in [3.05, 3.63) is 11.4 Å². The maximum Gasteiger partial charge on any atom is 0.225 e. The molecule has 1 N–H and O–H groups in total. The lowest BCUT2D eigenvalue weighted by Gasteiger charge is -2.24. The normalized spacial score (nSPS) is 16.1. The van der Waals surface area contributed by atoms with E-state index in [1.165, 1.54) is 0 Å². The molecule has 1 saturated heterocycles. The van der Waals surface area contributed by atoms with Crippen LogP contribution in [0.5, 0.6) is 0 Å². The van der Waals surface area contributed by atoms with Crippen LogP contribution >= 0.6 is 23.1 Å². The van der Waals surface area contributed by atoms with Crippen molar-refractivity contribution in [2.45, 2.75) is 17.2 Å². The Labute approximate surface area is 108 Å². The molecule has 1 aliphatic heterocycles. The second kappa shape index (κ2) is 4.80. The lowest BCUT2D eigenvalue weighted by Crippen LogP contribution is -2.30. The number of thioether (sulfide) groups is 1. The third-order valence-electron chi connectivity index (χ3n) is 2.51. The van der Waals surface area contributed by atoms with Crippen molar-refractivity contribution in [2.75, 3.05) is 25.1 Å². The Hall–Kier alpha value is -0.850. The van der Waals surface area contributed by atoms with E-state index < -0.39 is 0 Å². The molecule has 0 unspecified atom stereocenters. The summed E-state index contributed by atoms with van der Waals surface area (Å²) < 4.78 is 5.20. The van der Waals surface area contributed by atoms with Crippen LogP contribution in [0.1, 0.15) is 6.92 Å². The molecular formula is C11H13N3OS2. The molecular weight excluding hydrogens is 254 g/mol. The predicted octanol–water partition coefficient (Wildman–Crippen LogP) is 2.61. The number of nitrogens with zero attached hydrogens (tertiary/aromatic N) is 2. The average Bonchev–Trinajstić information content (AvgIpc) is 2.71. The maximum absolute atomic E-state index is 5.20. The molecule has 0 amide bonds. The van der Waals surface area contributed by atoms with Crippen LogP contribution in [0.2, 0.25) is 0 Å². The molecule has 90 valence electrons. The van der Waals surface area contributed by atoms with Gasteiger partial charge in [-0.3, -0.25) is 0 Å². The van der Waals surface area contributed by atoms with Crippen LogP contribution in [0.3, 0.4) is 0 Å². The molecule has 0 saturated carbocycles. The van der Waals surface area contributed by atoms with Gasteiger partial charge in [0.25, 0.3) is 0 Å². The summed E-state index contributed by atoms with van der Waals surface area (Å²) in [5.74, 6) is 0.727. The van der Waals surface area contributed by atoms with Gasteiger partial charge in [0.05, 0.1) is 18.5 Å². The minimum atomic E-state index is 0.544. The molecule has 0 radical (unpaired) electrons. The summed E-state index contributed by atoms with van der Waals surface area (Å²) in [6.45, 7) is 4.55. The van der Waals surface area contributed by atoms with Gasteiger partial charge >= 0.3 is 0 Å². The van der Waals surface area contributed by atoms with Crippen LogP contribution in [0.4, 0.5) is 5.95 Å². The summed E-state index contributed by atoms with van der Waals surface area (Å²) in [6, 6.07) is 2.09. The fraction of sp³-hybridized carbons (Fsp3) is 0.455. The first-order valence-electron chi connectivity index (χ1n) is 5.60. The number of ether oxygens (including phenoxy) is 1. The quantitative estimate of drug-likeness (QED) is 0.863. The van der Waals surface area contributed by atoms with Crippen molar-refractivity contribution >= 4 is 39.3 Å². The number of aromatic nitrogens is 2. The van der Waals surface area contributed by atoms with Crippen LogP contribution in [-0.2, 0) is 4.74 Å². The zero-order chi connectivity index (χ0) is 11.7. The van der Waals surface area contributed by atoms with Crippen LogP contribution in [-0.4, -0.2) is 35.0 Å². The van der Waals surface area contributed by atoms with E-state index >= 15 is 0 Å². The smallest absolute Gasteiger partial charge is 0.225 e. The number of hydrogen-bond donors (Lipinski definition) is 1. The number of fused-ring (bicyclic) bond motifs is 1. The molecule has 0 atom stereocenters. The highest BCUT2D eigenvalue weighted by Crippen LogP contribution is 2.34. The topological polar surface area (TPSA) is 47.0 Å². The number of rotatable bonds is 4. The fourth-order valence-electron chi connectivity index (χ4n) is 1.60. The highest BCUT2D eigenvalue weighted by Gasteiger charge is 2.22. The Kier molecular flexibility index (Phi) is 3.17. The van der Waals surface area contributed by atoms with Gasteiger partial charge in [0.2, 0.25) is 5.95 Å². The van der Waals surface area contributed by atoms with E-state index in [2.05, 4.69) is 33.7 Å². The van der Waals surface area contributed by atoms with Crippen molar-refractivity contribution in [3.63, 3.8) is 0 Å². The van der Waals surface area contributed by atoms with Gasteiger partial charge in [0.1, 0.15) is 9.86 Å². The largest absolute Gasteiger partial charge is 0.379 e. The minimum Gasteiger partial charge on any atom is -0.379 e. The number of thiophene rings is 1. The number of hydrogen-bond acceptors (Lipinski definition) is 6. The standard InChI is InChI=1S/C11H13N3OS2/c1-2-12-11-13-9-8(3-4-16-9)10(14-11)17-7-5-15-6-7/h3-4,7H,2,5-6H2,1H3,(H,12,13,14). The van der Waals surface area contributed by atoms with E-state index in [4.69, 9.17) is 4.74 Å². The van der Waals surface area contributed by atoms with E-state index in [1.54, 1.807) is 23.1 Å². The summed E-state index contributed by atoms with van der Waals surface area (Å²) in [6.07, 6.45) is 0. The van der Waals surface area contributed by atoms with Gasteiger partial charge in [0.15, 0.2) is 0 Å². The summed E-state index contributed by atoms with van der Waals surface area (Å²) in [5.41, 5.74) is 0. The molecule has 0 aromatic carbocycles. The van der Waals surface area contributed by atoms with Crippen molar-refractivity contribution < 1.29 is 4.74 Å². The Bertz CT molecular complexity index is 524. The summed E-state index contributed by atoms with van der Waals surface area (Å²) in [4.78, 5) is 10.1. The zero-order valence-corrected chi connectivity index (χ0v) is 11.1. The third kappa shape index (κ3) is 2.25. The van der Waals surface area contributed by atoms with Gasteiger partial charge in [0, 0.05) is 11.9 Å². The minimum absolute atomic E-state index is 0.544. The van der Waals surface area contributed by atoms with Gasteiger partial charge in [-0.2, -0.15) is 0 Å². The molecule has 0 aliphatic carbocycles. The summed E-state index contributed by atoms with van der Waals surface area (Å²) in [7, 11) is 0. The van der Waals surface area contributed by atoms with Crippen LogP contribution in [0, 0.1) is 0 Å². The Morgan fingerprint density at radius 2 is 2.41 bits per heavy atom. The van der Waals surface area contributed by atoms with Crippen LogP contribution in [0.15, 0.2) is 16.5 Å². The first-order chi connectivity index (χ1) is 8.36. The van der Waals surface area contributed by atoms with Crippen molar-refractivity contribution in [1.29, 1.82) is 0 Å². The van der Waals surface area contributed by atoms with Crippen molar-refractivity contribution in [2.24, 2.45) is 0 Å². The molecule has 3 heterocycles. The molecule has 4 nitrogen and oxygen atoms in total. The average molecular weight is 267 g/mol. The predicted molar refractivity (Wildman–Crippen MR) is 72.0 cm³/mol. The highest BCUT2D eigenvalue weighted by atomic mass is 32.2. The van der Waals surface area contributed by atoms with E-state index in [-0.39, 0.29) is 0 Å². The lowest BCUT2D eigenvalue weighted by atomic mass is 10.4. The number of nitrogens with one attached hydrogen (secondary N) is 1. The fourth-order valence-corrected chi connectivity index (χ4v) is 3.50. The molecule has 6 heteroatoms. The van der Waals surface area contributed by atoms with Gasteiger partial charge in [-0.25, -0.2) is 9.97 Å². The second-order valence-corrected chi connectivity index (χ2v) is 5.98. The zero-order valence-electron chi connectivity index (χ0n) is 9.47. The first kappa shape index (κ1) is 11.3. The molecule has 1 fully saturated rings. The Balaban J connectivity index is 1.96. The SMILES string of the molecule is CCNc1nc(SC2COC2)c2ccsc2n1. The molecule has 17 heavy (non-hydrogen) atoms. The van der Waals surface area contributed by atoms with Gasteiger partial charge in [-0.15, -0.1) is 11.3 Å². The number of anilines is 1. The van der Waals surface area contributed by atoms with Crippen LogP contribution < -0.4 is 5.32 Å². The van der Waals surface area contributed by atoms with Crippen molar-refractivity contribution in [3.8, 4) is 0 Å². The molecule has 3 rings (SSSR count). The lowest BCUT2D eigenvalue weighted by molar-refractivity contribution is 0.0455. The highest BCUT2D eigenvalue weighted by molar-refractivity contribution is 8.00. The Morgan fingerprint density at radius 3 is 3.12 bits per heavy atom. The van der Waals surface area contributed by atoms with Gasteiger partial charge < -0.3 is 10.1 Å². The first-order valence-corrected chi connectivity index (χ1v) is 7.36. The Morgan fingerprint density at radius 1 is 1.53 bits per heavy atom. The molecule has 0 bridgehead atoms. The van der Waals surface area contributed by atoms with Gasteiger partial charge in [-0.05, 0) is 18.4 Å². The monoisotopic (exact) mass is 267 g/mol. The molecule has 2 aromatic rings.